The van der Waals surface area contributed by atoms with Gasteiger partial charge in [0.05, 0.1) is 5.60 Å². The monoisotopic (exact) mass is 243 g/mol. The van der Waals surface area contributed by atoms with E-state index in [1.165, 1.54) is 12.1 Å². The molecule has 2 unspecified atom stereocenters. The number of nitrogens with one attached hydrogen (secondary N) is 1. The number of hydrogen-bond donors (Lipinski definition) is 2. The van der Waals surface area contributed by atoms with E-state index in [1.807, 2.05) is 13.8 Å². The molecule has 0 heterocycles. The molecular weight excluding hydrogens is 224 g/mol. The van der Waals surface area contributed by atoms with Gasteiger partial charge in [0.15, 0.2) is 11.6 Å². The molecule has 96 valence electrons. The summed E-state index contributed by atoms with van der Waals surface area (Å²) in [4.78, 5) is 0. The minimum absolute atomic E-state index is 0.161. The molecule has 2 nitrogen and oxygen atoms in total. The number of rotatable bonds is 4. The Balaban J connectivity index is 2.76. The zero-order valence-electron chi connectivity index (χ0n) is 10.6. The third kappa shape index (κ3) is 3.75. The number of aliphatic hydroxyl groups is 1. The zero-order valence-corrected chi connectivity index (χ0v) is 10.6. The second kappa shape index (κ2) is 5.10. The van der Waals surface area contributed by atoms with E-state index in [-0.39, 0.29) is 12.1 Å². The highest BCUT2D eigenvalue weighted by Crippen LogP contribution is 2.18. The fraction of sp³-hybridized carbons (Fsp3) is 0.538. The highest BCUT2D eigenvalue weighted by atomic mass is 19.2. The van der Waals surface area contributed by atoms with Crippen molar-refractivity contribution in [3.05, 3.63) is 35.4 Å². The SMILES string of the molecule is CC(NC(C)C(C)(C)O)c1ccc(F)c(F)c1. The summed E-state index contributed by atoms with van der Waals surface area (Å²) < 4.78 is 25.8. The van der Waals surface area contributed by atoms with Gasteiger partial charge in [-0.15, -0.1) is 0 Å². The standard InChI is InChI=1S/C13H19F2NO/c1-8(16-9(2)13(3,4)17)10-5-6-11(14)12(15)7-10/h5-9,16-17H,1-4H3. The Morgan fingerprint density at radius 2 is 1.76 bits per heavy atom. The normalized spacial score (nSPS) is 15.7. The molecule has 2 atom stereocenters. The summed E-state index contributed by atoms with van der Waals surface area (Å²) in [6.07, 6.45) is 0. The smallest absolute Gasteiger partial charge is 0.159 e. The molecule has 1 rings (SSSR count). The van der Waals surface area contributed by atoms with Gasteiger partial charge >= 0.3 is 0 Å². The summed E-state index contributed by atoms with van der Waals surface area (Å²) >= 11 is 0. The van der Waals surface area contributed by atoms with Crippen molar-refractivity contribution >= 4 is 0 Å². The summed E-state index contributed by atoms with van der Waals surface area (Å²) in [5.41, 5.74) is -0.215. The van der Waals surface area contributed by atoms with E-state index in [4.69, 9.17) is 0 Å². The summed E-state index contributed by atoms with van der Waals surface area (Å²) in [7, 11) is 0. The second-order valence-corrected chi connectivity index (χ2v) is 4.94. The van der Waals surface area contributed by atoms with Crippen LogP contribution in [0.1, 0.15) is 39.3 Å². The van der Waals surface area contributed by atoms with Gasteiger partial charge in [-0.05, 0) is 45.4 Å². The van der Waals surface area contributed by atoms with Crippen LogP contribution in [-0.4, -0.2) is 16.7 Å². The van der Waals surface area contributed by atoms with Crippen LogP contribution in [0.15, 0.2) is 18.2 Å². The summed E-state index contributed by atoms with van der Waals surface area (Å²) in [5, 5.41) is 12.9. The van der Waals surface area contributed by atoms with E-state index in [2.05, 4.69) is 5.32 Å². The van der Waals surface area contributed by atoms with Crippen LogP contribution in [0.3, 0.4) is 0 Å². The van der Waals surface area contributed by atoms with Gasteiger partial charge in [-0.25, -0.2) is 8.78 Å². The largest absolute Gasteiger partial charge is 0.389 e. The van der Waals surface area contributed by atoms with Crippen LogP contribution in [0, 0.1) is 11.6 Å². The molecule has 0 radical (unpaired) electrons. The molecule has 2 N–H and O–H groups in total. The van der Waals surface area contributed by atoms with Crippen LogP contribution in [0.4, 0.5) is 8.78 Å². The molecule has 0 bridgehead atoms. The quantitative estimate of drug-likeness (QED) is 0.852. The van der Waals surface area contributed by atoms with Crippen molar-refractivity contribution < 1.29 is 13.9 Å². The van der Waals surface area contributed by atoms with Crippen molar-refractivity contribution in [2.24, 2.45) is 0 Å². The fourth-order valence-electron chi connectivity index (χ4n) is 1.46. The third-order valence-corrected chi connectivity index (χ3v) is 3.00. The predicted octanol–water partition coefficient (Wildman–Crippen LogP) is 2.77. The first-order valence-corrected chi connectivity index (χ1v) is 5.65. The molecule has 17 heavy (non-hydrogen) atoms. The van der Waals surface area contributed by atoms with Crippen molar-refractivity contribution in [3.8, 4) is 0 Å². The van der Waals surface area contributed by atoms with Crippen LogP contribution >= 0.6 is 0 Å². The van der Waals surface area contributed by atoms with E-state index in [9.17, 15) is 13.9 Å². The van der Waals surface area contributed by atoms with Gasteiger partial charge in [0.25, 0.3) is 0 Å². The first kappa shape index (κ1) is 14.1. The maximum Gasteiger partial charge on any atom is 0.159 e. The molecular formula is C13H19F2NO. The molecule has 1 aromatic carbocycles. The minimum atomic E-state index is -0.868. The van der Waals surface area contributed by atoms with Crippen molar-refractivity contribution in [2.45, 2.75) is 45.4 Å². The minimum Gasteiger partial charge on any atom is -0.389 e. The Morgan fingerprint density at radius 3 is 2.24 bits per heavy atom. The van der Waals surface area contributed by atoms with Gasteiger partial charge < -0.3 is 10.4 Å². The maximum atomic E-state index is 13.1. The summed E-state index contributed by atoms with van der Waals surface area (Å²) in [6, 6.07) is 3.49. The molecule has 0 spiro atoms. The average molecular weight is 243 g/mol. The Morgan fingerprint density at radius 1 is 1.18 bits per heavy atom. The van der Waals surface area contributed by atoms with E-state index < -0.39 is 17.2 Å². The Hall–Kier alpha value is -1.00. The highest BCUT2D eigenvalue weighted by Gasteiger charge is 2.24. The molecule has 0 aliphatic heterocycles. The van der Waals surface area contributed by atoms with Gasteiger partial charge in [-0.3, -0.25) is 0 Å². The molecule has 0 saturated heterocycles. The molecule has 0 aliphatic rings. The van der Waals surface area contributed by atoms with E-state index in [1.54, 1.807) is 13.8 Å². The van der Waals surface area contributed by atoms with Crippen molar-refractivity contribution in [1.29, 1.82) is 0 Å². The van der Waals surface area contributed by atoms with Crippen LogP contribution in [0.2, 0.25) is 0 Å². The highest BCUT2D eigenvalue weighted by molar-refractivity contribution is 5.21. The molecule has 0 fully saturated rings. The van der Waals surface area contributed by atoms with E-state index in [0.29, 0.717) is 5.56 Å². The van der Waals surface area contributed by atoms with Gasteiger partial charge in [0, 0.05) is 12.1 Å². The van der Waals surface area contributed by atoms with Gasteiger partial charge in [-0.2, -0.15) is 0 Å². The van der Waals surface area contributed by atoms with Crippen molar-refractivity contribution in [1.82, 2.24) is 5.32 Å². The van der Waals surface area contributed by atoms with Crippen LogP contribution in [-0.2, 0) is 0 Å². The molecule has 0 aliphatic carbocycles. The average Bonchev–Trinajstić information content (AvgIpc) is 2.20. The summed E-state index contributed by atoms with van der Waals surface area (Å²) in [6.45, 7) is 7.08. The lowest BCUT2D eigenvalue weighted by Gasteiger charge is -2.30. The predicted molar refractivity (Wildman–Crippen MR) is 63.7 cm³/mol. The lowest BCUT2D eigenvalue weighted by atomic mass is 9.98. The number of hydrogen-bond acceptors (Lipinski definition) is 2. The Labute approximate surface area is 101 Å². The van der Waals surface area contributed by atoms with Crippen LogP contribution < -0.4 is 5.32 Å². The number of halogens is 2. The topological polar surface area (TPSA) is 32.3 Å². The third-order valence-electron chi connectivity index (χ3n) is 3.00. The fourth-order valence-corrected chi connectivity index (χ4v) is 1.46. The molecule has 0 amide bonds. The van der Waals surface area contributed by atoms with Gasteiger partial charge in [0.1, 0.15) is 0 Å². The number of benzene rings is 1. The molecule has 1 aromatic rings. The van der Waals surface area contributed by atoms with Gasteiger partial charge in [0.2, 0.25) is 0 Å². The first-order chi connectivity index (χ1) is 7.71. The molecule has 0 saturated carbocycles. The van der Waals surface area contributed by atoms with Crippen LogP contribution in [0.25, 0.3) is 0 Å². The lowest BCUT2D eigenvalue weighted by molar-refractivity contribution is 0.0405. The zero-order chi connectivity index (χ0) is 13.2. The van der Waals surface area contributed by atoms with Crippen LogP contribution in [0.5, 0.6) is 0 Å². The summed E-state index contributed by atoms with van der Waals surface area (Å²) in [5.74, 6) is -1.71. The van der Waals surface area contributed by atoms with E-state index in [0.717, 1.165) is 6.07 Å². The lowest BCUT2D eigenvalue weighted by Crippen LogP contribution is -2.45. The molecule has 0 aromatic heterocycles. The Bertz CT molecular complexity index is 387. The van der Waals surface area contributed by atoms with E-state index >= 15 is 0 Å². The van der Waals surface area contributed by atoms with Crippen molar-refractivity contribution in [3.63, 3.8) is 0 Å². The first-order valence-electron chi connectivity index (χ1n) is 5.65. The Kier molecular flexibility index (Phi) is 4.22. The molecule has 4 heteroatoms. The second-order valence-electron chi connectivity index (χ2n) is 4.94. The van der Waals surface area contributed by atoms with Crippen molar-refractivity contribution in [2.75, 3.05) is 0 Å². The van der Waals surface area contributed by atoms with Gasteiger partial charge in [-0.1, -0.05) is 6.07 Å². The maximum absolute atomic E-state index is 13.1.